The number of anilines is 1. The smallest absolute Gasteiger partial charge is 0.267 e. The molecule has 8 heteroatoms. The van der Waals surface area contributed by atoms with Crippen LogP contribution in [0, 0.1) is 5.82 Å². The van der Waals surface area contributed by atoms with Crippen LogP contribution in [0.2, 0.25) is 0 Å². The predicted octanol–water partition coefficient (Wildman–Crippen LogP) is 3.56. The third-order valence-corrected chi connectivity index (χ3v) is 5.38. The lowest BCUT2D eigenvalue weighted by Crippen LogP contribution is -2.29. The van der Waals surface area contributed by atoms with Gasteiger partial charge >= 0.3 is 0 Å². The fraction of sp³-hybridized carbons (Fsp3) is 0.0909. The number of nitrogens with zero attached hydrogens (tertiary/aromatic N) is 2. The number of sulfonamides is 1. The topological polar surface area (TPSA) is 78.8 Å². The predicted molar refractivity (Wildman–Crippen MR) is 115 cm³/mol. The lowest BCUT2D eigenvalue weighted by atomic mass is 10.1. The summed E-state index contributed by atoms with van der Waals surface area (Å²) >= 11 is 0. The Morgan fingerprint density at radius 2 is 1.63 bits per heavy atom. The van der Waals surface area contributed by atoms with Gasteiger partial charge in [0.2, 0.25) is 10.0 Å². The number of carbonyl (C=O) groups is 1. The van der Waals surface area contributed by atoms with Crippen molar-refractivity contribution < 1.29 is 17.6 Å². The van der Waals surface area contributed by atoms with Gasteiger partial charge in [-0.15, -0.1) is 0 Å². The number of hydrogen-bond donors (Lipinski definition) is 1. The largest absolute Gasteiger partial charge is 0.271 e. The summed E-state index contributed by atoms with van der Waals surface area (Å²) in [5.41, 5.74) is 4.72. The highest BCUT2D eigenvalue weighted by atomic mass is 32.2. The van der Waals surface area contributed by atoms with E-state index in [4.69, 9.17) is 0 Å². The van der Waals surface area contributed by atoms with Crippen LogP contribution in [0.3, 0.4) is 0 Å². The van der Waals surface area contributed by atoms with E-state index in [0.29, 0.717) is 16.8 Å². The highest BCUT2D eigenvalue weighted by Crippen LogP contribution is 2.20. The minimum Gasteiger partial charge on any atom is -0.267 e. The molecule has 0 aliphatic heterocycles. The highest BCUT2D eigenvalue weighted by Gasteiger charge is 2.17. The molecule has 0 radical (unpaired) electrons. The average Bonchev–Trinajstić information content (AvgIpc) is 2.73. The monoisotopic (exact) mass is 425 g/mol. The van der Waals surface area contributed by atoms with E-state index in [2.05, 4.69) is 10.5 Å². The maximum Gasteiger partial charge on any atom is 0.271 e. The van der Waals surface area contributed by atoms with E-state index in [0.717, 1.165) is 11.8 Å². The van der Waals surface area contributed by atoms with Crippen molar-refractivity contribution in [3.05, 3.63) is 101 Å². The van der Waals surface area contributed by atoms with Crippen molar-refractivity contribution in [2.75, 3.05) is 10.6 Å². The van der Waals surface area contributed by atoms with E-state index >= 15 is 0 Å². The lowest BCUT2D eigenvalue weighted by Gasteiger charge is -2.22. The second kappa shape index (κ2) is 9.32. The number of hydrogen-bond acceptors (Lipinski definition) is 4. The summed E-state index contributed by atoms with van der Waals surface area (Å²) in [4.78, 5) is 12.2. The summed E-state index contributed by atoms with van der Waals surface area (Å²) in [6, 6.07) is 21.1. The summed E-state index contributed by atoms with van der Waals surface area (Å²) in [5, 5.41) is 3.86. The van der Waals surface area contributed by atoms with Crippen molar-refractivity contribution in [2.45, 2.75) is 6.54 Å². The molecule has 0 fully saturated rings. The Hall–Kier alpha value is -3.52. The molecule has 0 heterocycles. The van der Waals surface area contributed by atoms with Crippen LogP contribution >= 0.6 is 0 Å². The van der Waals surface area contributed by atoms with Gasteiger partial charge in [-0.05, 0) is 47.5 Å². The molecule has 3 rings (SSSR count). The molecule has 0 unspecified atom stereocenters. The van der Waals surface area contributed by atoms with Crippen LogP contribution in [0.1, 0.15) is 21.5 Å². The summed E-state index contributed by atoms with van der Waals surface area (Å²) in [6.45, 7) is 0.146. The molecule has 1 N–H and O–H groups in total. The lowest BCUT2D eigenvalue weighted by molar-refractivity contribution is 0.0955. The van der Waals surface area contributed by atoms with E-state index < -0.39 is 15.9 Å². The molecule has 0 bridgehead atoms. The fourth-order valence-corrected chi connectivity index (χ4v) is 3.59. The van der Waals surface area contributed by atoms with Crippen LogP contribution in [0.5, 0.6) is 0 Å². The van der Waals surface area contributed by atoms with E-state index in [-0.39, 0.29) is 12.4 Å². The Labute approximate surface area is 174 Å². The molecule has 0 aliphatic rings. The van der Waals surface area contributed by atoms with Crippen molar-refractivity contribution in [3.8, 4) is 0 Å². The van der Waals surface area contributed by atoms with E-state index in [1.54, 1.807) is 60.7 Å². The Kier molecular flexibility index (Phi) is 6.58. The van der Waals surface area contributed by atoms with Crippen LogP contribution in [0.25, 0.3) is 0 Å². The van der Waals surface area contributed by atoms with Gasteiger partial charge in [0.05, 0.1) is 24.7 Å². The van der Waals surface area contributed by atoms with Crippen molar-refractivity contribution in [1.82, 2.24) is 5.43 Å². The van der Waals surface area contributed by atoms with Crippen molar-refractivity contribution in [2.24, 2.45) is 5.10 Å². The first-order valence-corrected chi connectivity index (χ1v) is 10.9. The molecule has 0 atom stereocenters. The molecule has 0 aromatic heterocycles. The quantitative estimate of drug-likeness (QED) is 0.464. The van der Waals surface area contributed by atoms with Crippen LogP contribution < -0.4 is 9.73 Å². The number of carbonyl (C=O) groups excluding carboxylic acids is 1. The normalized spacial score (nSPS) is 11.4. The summed E-state index contributed by atoms with van der Waals surface area (Å²) in [5.74, 6) is -0.763. The zero-order valence-electron chi connectivity index (χ0n) is 16.2. The van der Waals surface area contributed by atoms with Crippen LogP contribution in [0.4, 0.5) is 10.1 Å². The highest BCUT2D eigenvalue weighted by molar-refractivity contribution is 7.92. The van der Waals surface area contributed by atoms with Gasteiger partial charge in [-0.25, -0.2) is 18.2 Å². The second-order valence-electron chi connectivity index (χ2n) is 6.55. The number of amides is 1. The van der Waals surface area contributed by atoms with Crippen LogP contribution in [0.15, 0.2) is 84.0 Å². The minimum atomic E-state index is -3.47. The summed E-state index contributed by atoms with van der Waals surface area (Å²) in [7, 11) is -3.47. The Morgan fingerprint density at radius 1 is 1.00 bits per heavy atom. The third-order valence-electron chi connectivity index (χ3n) is 4.24. The molecule has 0 saturated heterocycles. The van der Waals surface area contributed by atoms with Gasteiger partial charge in [-0.2, -0.15) is 5.10 Å². The first-order valence-electron chi connectivity index (χ1n) is 9.03. The summed E-state index contributed by atoms with van der Waals surface area (Å²) in [6.07, 6.45) is 2.57. The van der Waals surface area contributed by atoms with Gasteiger partial charge in [0.25, 0.3) is 5.91 Å². The standard InChI is InChI=1S/C22H20FN3O3S/c1-30(28,29)26(21-5-3-2-4-6-21)16-18-7-11-19(12-8-18)22(27)25-24-15-17-9-13-20(23)14-10-17/h2-15H,16H2,1H3,(H,25,27)/b24-15-. The Bertz CT molecular complexity index is 1130. The Morgan fingerprint density at radius 3 is 2.23 bits per heavy atom. The number of hydrazone groups is 1. The van der Waals surface area contributed by atoms with E-state index in [1.807, 2.05) is 6.07 Å². The minimum absolute atomic E-state index is 0.146. The first-order chi connectivity index (χ1) is 14.3. The number of para-hydroxylation sites is 1. The average molecular weight is 425 g/mol. The van der Waals surface area contributed by atoms with Crippen molar-refractivity contribution >= 4 is 27.8 Å². The van der Waals surface area contributed by atoms with Gasteiger partial charge < -0.3 is 0 Å². The second-order valence-corrected chi connectivity index (χ2v) is 8.46. The SMILES string of the molecule is CS(=O)(=O)N(Cc1ccc(C(=O)N/N=C\c2ccc(F)cc2)cc1)c1ccccc1. The molecule has 6 nitrogen and oxygen atoms in total. The number of halogens is 1. The molecule has 30 heavy (non-hydrogen) atoms. The molecule has 0 saturated carbocycles. The van der Waals surface area contributed by atoms with Gasteiger partial charge in [-0.3, -0.25) is 9.10 Å². The van der Waals surface area contributed by atoms with Gasteiger partial charge in [-0.1, -0.05) is 42.5 Å². The van der Waals surface area contributed by atoms with Gasteiger partial charge in [0.15, 0.2) is 0 Å². The first kappa shape index (κ1) is 21.2. The molecular weight excluding hydrogens is 405 g/mol. The molecular formula is C22H20FN3O3S. The third kappa shape index (κ3) is 5.74. The van der Waals surface area contributed by atoms with E-state index in [1.165, 1.54) is 22.7 Å². The number of nitrogens with one attached hydrogen (secondary N) is 1. The molecule has 0 aliphatic carbocycles. The Balaban J connectivity index is 1.66. The molecule has 3 aromatic carbocycles. The van der Waals surface area contributed by atoms with E-state index in [9.17, 15) is 17.6 Å². The van der Waals surface area contributed by atoms with Crippen molar-refractivity contribution in [3.63, 3.8) is 0 Å². The van der Waals surface area contributed by atoms with Gasteiger partial charge in [0.1, 0.15) is 5.82 Å². The van der Waals surface area contributed by atoms with Crippen LogP contribution in [-0.4, -0.2) is 26.8 Å². The zero-order valence-corrected chi connectivity index (χ0v) is 17.0. The molecule has 154 valence electrons. The fourth-order valence-electron chi connectivity index (χ4n) is 2.70. The maximum absolute atomic E-state index is 12.9. The van der Waals surface area contributed by atoms with Crippen molar-refractivity contribution in [1.29, 1.82) is 0 Å². The van der Waals surface area contributed by atoms with Crippen LogP contribution in [-0.2, 0) is 16.6 Å². The van der Waals surface area contributed by atoms with Gasteiger partial charge in [0, 0.05) is 5.56 Å². The zero-order chi connectivity index (χ0) is 21.6. The summed E-state index contributed by atoms with van der Waals surface area (Å²) < 4.78 is 38.6. The number of benzene rings is 3. The molecule has 3 aromatic rings. The molecule has 1 amide bonds. The number of rotatable bonds is 7. The maximum atomic E-state index is 12.9. The molecule has 0 spiro atoms.